The number of carboxylic acids is 1. The molecule has 1 aliphatic rings. The van der Waals surface area contributed by atoms with Crippen LogP contribution in [0.5, 0.6) is 0 Å². The summed E-state index contributed by atoms with van der Waals surface area (Å²) in [6.07, 6.45) is 0. The Balaban J connectivity index is 2.82. The Kier molecular flexibility index (Phi) is 3.50. The van der Waals surface area contributed by atoms with Gasteiger partial charge in [-0.3, -0.25) is 4.79 Å². The minimum Gasteiger partial charge on any atom is -0.481 e. The highest BCUT2D eigenvalue weighted by molar-refractivity contribution is 5.72. The van der Waals surface area contributed by atoms with Crippen LogP contribution in [-0.4, -0.2) is 48.7 Å². The van der Waals surface area contributed by atoms with Gasteiger partial charge in [-0.1, -0.05) is 13.8 Å². The fraction of sp³-hybridized carbons (Fsp3) is 0.900. The highest BCUT2D eigenvalue weighted by Gasteiger charge is 2.43. The van der Waals surface area contributed by atoms with Gasteiger partial charge in [0.1, 0.15) is 0 Å². The molecule has 3 unspecified atom stereocenters. The first-order chi connectivity index (χ1) is 6.49. The second-order valence-electron chi connectivity index (χ2n) is 4.43. The van der Waals surface area contributed by atoms with Crippen LogP contribution in [0, 0.1) is 11.8 Å². The zero-order valence-electron chi connectivity index (χ0n) is 9.32. The molecule has 0 aromatic rings. The number of likely N-dealkylation sites (N-methyl/N-ethyl adjacent to an activating group) is 2. The maximum absolute atomic E-state index is 11.0. The van der Waals surface area contributed by atoms with Crippen LogP contribution < -0.4 is 5.32 Å². The highest BCUT2D eigenvalue weighted by atomic mass is 16.4. The second-order valence-corrected chi connectivity index (χ2v) is 4.43. The maximum atomic E-state index is 11.0. The molecular weight excluding hydrogens is 180 g/mol. The minimum atomic E-state index is -0.695. The van der Waals surface area contributed by atoms with Crippen LogP contribution >= 0.6 is 0 Å². The summed E-state index contributed by atoms with van der Waals surface area (Å²) in [6, 6.07) is 0.388. The van der Waals surface area contributed by atoms with Crippen molar-refractivity contribution in [2.45, 2.75) is 25.9 Å². The molecular formula is C10H20N2O2. The van der Waals surface area contributed by atoms with E-state index in [1.165, 1.54) is 0 Å². The summed E-state index contributed by atoms with van der Waals surface area (Å²) in [5.41, 5.74) is 0. The lowest BCUT2D eigenvalue weighted by molar-refractivity contribution is -0.141. The Bertz CT molecular complexity index is 218. The van der Waals surface area contributed by atoms with Gasteiger partial charge in [-0.05, 0) is 20.0 Å². The molecule has 0 spiro atoms. The summed E-state index contributed by atoms with van der Waals surface area (Å²) >= 11 is 0. The van der Waals surface area contributed by atoms with E-state index in [0.717, 1.165) is 0 Å². The standard InChI is InChI=1S/C10H20N2O2/c1-6(2)9-8(11-3)7(10(13)14)5-12(9)4/h6-9,11H,5H2,1-4H3,(H,13,14). The van der Waals surface area contributed by atoms with Crippen LogP contribution in [0.25, 0.3) is 0 Å². The van der Waals surface area contributed by atoms with E-state index in [4.69, 9.17) is 5.11 Å². The highest BCUT2D eigenvalue weighted by Crippen LogP contribution is 2.27. The molecule has 0 amide bonds. The molecule has 0 bridgehead atoms. The molecule has 14 heavy (non-hydrogen) atoms. The molecule has 1 saturated heterocycles. The van der Waals surface area contributed by atoms with Crippen molar-refractivity contribution < 1.29 is 9.90 Å². The molecule has 4 heteroatoms. The van der Waals surface area contributed by atoms with Crippen LogP contribution in [0.1, 0.15) is 13.8 Å². The monoisotopic (exact) mass is 200 g/mol. The Morgan fingerprint density at radius 2 is 2.14 bits per heavy atom. The van der Waals surface area contributed by atoms with Gasteiger partial charge < -0.3 is 15.3 Å². The van der Waals surface area contributed by atoms with E-state index in [9.17, 15) is 4.79 Å². The fourth-order valence-electron chi connectivity index (χ4n) is 2.58. The molecule has 1 fully saturated rings. The number of likely N-dealkylation sites (tertiary alicyclic amines) is 1. The molecule has 0 radical (unpaired) electrons. The van der Waals surface area contributed by atoms with Gasteiger partial charge in [-0.25, -0.2) is 0 Å². The summed E-state index contributed by atoms with van der Waals surface area (Å²) in [5.74, 6) is -0.501. The van der Waals surface area contributed by atoms with Crippen LogP contribution in [0.3, 0.4) is 0 Å². The van der Waals surface area contributed by atoms with Gasteiger partial charge in [0.15, 0.2) is 0 Å². The van der Waals surface area contributed by atoms with Gasteiger partial charge >= 0.3 is 5.97 Å². The van der Waals surface area contributed by atoms with Crippen molar-refractivity contribution in [3.8, 4) is 0 Å². The van der Waals surface area contributed by atoms with Gasteiger partial charge in [0.05, 0.1) is 5.92 Å². The number of nitrogens with one attached hydrogen (secondary N) is 1. The third-order valence-electron chi connectivity index (χ3n) is 3.13. The van der Waals surface area contributed by atoms with Gasteiger partial charge in [0.25, 0.3) is 0 Å². The lowest BCUT2D eigenvalue weighted by Crippen LogP contribution is -2.46. The van der Waals surface area contributed by atoms with E-state index >= 15 is 0 Å². The molecule has 0 saturated carbocycles. The van der Waals surface area contributed by atoms with Crippen molar-refractivity contribution in [2.24, 2.45) is 11.8 Å². The van der Waals surface area contributed by atoms with E-state index in [-0.39, 0.29) is 12.0 Å². The first kappa shape index (κ1) is 11.5. The molecule has 4 nitrogen and oxygen atoms in total. The van der Waals surface area contributed by atoms with E-state index in [1.807, 2.05) is 14.1 Å². The van der Waals surface area contributed by atoms with Crippen molar-refractivity contribution >= 4 is 5.97 Å². The predicted molar refractivity (Wildman–Crippen MR) is 55.2 cm³/mol. The topological polar surface area (TPSA) is 52.6 Å². The number of rotatable bonds is 3. The van der Waals surface area contributed by atoms with Crippen molar-refractivity contribution in [1.82, 2.24) is 10.2 Å². The number of nitrogens with zero attached hydrogens (tertiary/aromatic N) is 1. The summed E-state index contributed by atoms with van der Waals surface area (Å²) in [7, 11) is 3.84. The Morgan fingerprint density at radius 1 is 1.57 bits per heavy atom. The van der Waals surface area contributed by atoms with Gasteiger partial charge in [0, 0.05) is 18.6 Å². The molecule has 0 aromatic heterocycles. The zero-order valence-corrected chi connectivity index (χ0v) is 9.32. The summed E-state index contributed by atoms with van der Waals surface area (Å²) in [6.45, 7) is 4.91. The van der Waals surface area contributed by atoms with E-state index < -0.39 is 5.97 Å². The predicted octanol–water partition coefficient (Wildman–Crippen LogP) is 0.245. The largest absolute Gasteiger partial charge is 0.481 e. The van der Waals surface area contributed by atoms with Crippen LogP contribution in [0.4, 0.5) is 0 Å². The summed E-state index contributed by atoms with van der Waals surface area (Å²) < 4.78 is 0. The van der Waals surface area contributed by atoms with Crippen molar-refractivity contribution in [2.75, 3.05) is 20.6 Å². The number of aliphatic carboxylic acids is 1. The molecule has 0 aliphatic carbocycles. The van der Waals surface area contributed by atoms with Crippen molar-refractivity contribution in [1.29, 1.82) is 0 Å². The zero-order chi connectivity index (χ0) is 10.9. The van der Waals surface area contributed by atoms with Crippen molar-refractivity contribution in [3.05, 3.63) is 0 Å². The number of hydrogen-bond donors (Lipinski definition) is 2. The van der Waals surface area contributed by atoms with Gasteiger partial charge in [-0.15, -0.1) is 0 Å². The lowest BCUT2D eigenvalue weighted by atomic mass is 9.92. The molecule has 3 atom stereocenters. The first-order valence-electron chi connectivity index (χ1n) is 5.09. The molecule has 0 aromatic carbocycles. The van der Waals surface area contributed by atoms with Crippen LogP contribution in [-0.2, 0) is 4.79 Å². The molecule has 2 N–H and O–H groups in total. The van der Waals surface area contributed by atoms with Crippen molar-refractivity contribution in [3.63, 3.8) is 0 Å². The average molecular weight is 200 g/mol. The Hall–Kier alpha value is -0.610. The Morgan fingerprint density at radius 3 is 2.50 bits per heavy atom. The molecule has 82 valence electrons. The molecule has 1 rings (SSSR count). The third kappa shape index (κ3) is 1.91. The van der Waals surface area contributed by atoms with Gasteiger partial charge in [0.2, 0.25) is 0 Å². The van der Waals surface area contributed by atoms with Gasteiger partial charge in [-0.2, -0.15) is 0 Å². The Labute approximate surface area is 85.3 Å². The third-order valence-corrected chi connectivity index (χ3v) is 3.13. The smallest absolute Gasteiger partial charge is 0.309 e. The molecule has 1 heterocycles. The second kappa shape index (κ2) is 4.28. The van der Waals surface area contributed by atoms with E-state index in [2.05, 4.69) is 24.1 Å². The molecule has 1 aliphatic heterocycles. The quantitative estimate of drug-likeness (QED) is 0.685. The fourth-order valence-corrected chi connectivity index (χ4v) is 2.58. The van der Waals surface area contributed by atoms with E-state index in [0.29, 0.717) is 18.5 Å². The lowest BCUT2D eigenvalue weighted by Gasteiger charge is -2.28. The van der Waals surface area contributed by atoms with Crippen LogP contribution in [0.2, 0.25) is 0 Å². The SMILES string of the molecule is CNC1C(C(=O)O)CN(C)C1C(C)C. The number of hydrogen-bond acceptors (Lipinski definition) is 3. The van der Waals surface area contributed by atoms with E-state index in [1.54, 1.807) is 0 Å². The summed E-state index contributed by atoms with van der Waals surface area (Å²) in [5, 5.41) is 12.2. The average Bonchev–Trinajstić information content (AvgIpc) is 2.41. The van der Waals surface area contributed by atoms with Crippen LogP contribution in [0.15, 0.2) is 0 Å². The normalized spacial score (nSPS) is 33.9. The summed E-state index contributed by atoms with van der Waals surface area (Å²) in [4.78, 5) is 13.2. The number of carbonyl (C=O) groups is 1. The minimum absolute atomic E-state index is 0.0671. The maximum Gasteiger partial charge on any atom is 0.309 e. The first-order valence-corrected chi connectivity index (χ1v) is 5.09. The number of carboxylic acid groups (broad SMARTS) is 1.